The van der Waals surface area contributed by atoms with E-state index < -0.39 is 5.97 Å². The Kier molecular flexibility index (Phi) is 6.02. The number of para-hydroxylation sites is 1. The lowest BCUT2D eigenvalue weighted by atomic mass is 10.0. The van der Waals surface area contributed by atoms with Crippen LogP contribution in [0.3, 0.4) is 0 Å². The predicted molar refractivity (Wildman–Crippen MR) is 111 cm³/mol. The molecule has 0 radical (unpaired) electrons. The number of hydrogen-bond donors (Lipinski definition) is 0. The Morgan fingerprint density at radius 3 is 2.41 bits per heavy atom. The van der Waals surface area contributed by atoms with Gasteiger partial charge in [-0.15, -0.1) is 0 Å². The molecule has 0 saturated heterocycles. The van der Waals surface area contributed by atoms with E-state index in [0.29, 0.717) is 28.4 Å². The number of nitrogens with zero attached hydrogens (tertiary/aromatic N) is 1. The Bertz CT molecular complexity index is 992. The first-order chi connectivity index (χ1) is 14.0. The Labute approximate surface area is 170 Å². The summed E-state index contributed by atoms with van der Waals surface area (Å²) in [6, 6.07) is 14.5. The van der Waals surface area contributed by atoms with Crippen molar-refractivity contribution < 1.29 is 23.8 Å². The number of anilines is 1. The summed E-state index contributed by atoms with van der Waals surface area (Å²) in [6.07, 6.45) is 1.65. The molecule has 0 unspecified atom stereocenters. The van der Waals surface area contributed by atoms with Crippen molar-refractivity contribution in [2.24, 2.45) is 0 Å². The maximum atomic E-state index is 13.3. The molecule has 6 heteroatoms. The van der Waals surface area contributed by atoms with Crippen LogP contribution in [0.4, 0.5) is 5.69 Å². The molecule has 2 aromatic rings. The van der Waals surface area contributed by atoms with Gasteiger partial charge in [-0.2, -0.15) is 0 Å². The van der Waals surface area contributed by atoms with Crippen LogP contribution in [0, 0.1) is 0 Å². The van der Waals surface area contributed by atoms with Crippen LogP contribution in [0.1, 0.15) is 19.4 Å². The Balaban J connectivity index is 2.15. The van der Waals surface area contributed by atoms with E-state index in [9.17, 15) is 9.59 Å². The summed E-state index contributed by atoms with van der Waals surface area (Å²) < 4.78 is 15.9. The summed E-state index contributed by atoms with van der Waals surface area (Å²) in [5, 5.41) is 0. The molecule has 6 nitrogen and oxygen atoms in total. The molecule has 1 heterocycles. The zero-order valence-electron chi connectivity index (χ0n) is 16.9. The molecule has 1 amide bonds. The van der Waals surface area contributed by atoms with Crippen molar-refractivity contribution in [2.75, 3.05) is 25.7 Å². The molecule has 0 spiro atoms. The molecule has 0 bridgehead atoms. The van der Waals surface area contributed by atoms with Gasteiger partial charge >= 0.3 is 5.97 Å². The summed E-state index contributed by atoms with van der Waals surface area (Å²) in [6.45, 7) is 3.69. The van der Waals surface area contributed by atoms with Gasteiger partial charge in [0.25, 0.3) is 5.91 Å². The number of ether oxygens (including phenoxy) is 3. The topological polar surface area (TPSA) is 65.1 Å². The number of benzene rings is 2. The van der Waals surface area contributed by atoms with Crippen LogP contribution in [0.15, 0.2) is 65.4 Å². The highest BCUT2D eigenvalue weighted by Crippen LogP contribution is 2.37. The number of allylic oxidation sites excluding steroid dienone is 1. The number of hydrogen-bond acceptors (Lipinski definition) is 5. The fourth-order valence-electron chi connectivity index (χ4n) is 3.26. The second-order valence-corrected chi connectivity index (χ2v) is 6.32. The van der Waals surface area contributed by atoms with Gasteiger partial charge in [-0.3, -0.25) is 9.69 Å². The maximum absolute atomic E-state index is 13.3. The highest BCUT2D eigenvalue weighted by atomic mass is 16.5. The van der Waals surface area contributed by atoms with Gasteiger partial charge in [0.15, 0.2) is 0 Å². The molecule has 3 rings (SSSR count). The van der Waals surface area contributed by atoms with Crippen molar-refractivity contribution >= 4 is 23.6 Å². The number of amides is 1. The summed E-state index contributed by atoms with van der Waals surface area (Å²) >= 11 is 0. The molecule has 0 aromatic heterocycles. The first kappa shape index (κ1) is 20.2. The van der Waals surface area contributed by atoms with Gasteiger partial charge in [-0.05, 0) is 44.2 Å². The van der Waals surface area contributed by atoms with Crippen molar-refractivity contribution in [1.29, 1.82) is 0 Å². The lowest BCUT2D eigenvalue weighted by Gasteiger charge is -2.17. The van der Waals surface area contributed by atoms with E-state index in [1.54, 1.807) is 45.2 Å². The Morgan fingerprint density at radius 2 is 1.79 bits per heavy atom. The first-order valence-corrected chi connectivity index (χ1v) is 9.23. The van der Waals surface area contributed by atoms with E-state index in [2.05, 4.69) is 0 Å². The number of carbonyl (C=O) groups excluding carboxylic acids is 2. The molecule has 0 saturated carbocycles. The van der Waals surface area contributed by atoms with Crippen LogP contribution in [0.25, 0.3) is 6.08 Å². The lowest BCUT2D eigenvalue weighted by molar-refractivity contribution is -0.138. The standard InChI is InChI=1S/C23H23NO5/c1-5-29-23(26)21-15(2)24(17-9-7-6-8-10-17)22(25)19(21)13-16-11-12-18(27-3)14-20(16)28-4/h6-14H,5H2,1-4H3. The summed E-state index contributed by atoms with van der Waals surface area (Å²) in [5.41, 5.74) is 2.37. The van der Waals surface area contributed by atoms with Crippen molar-refractivity contribution in [3.63, 3.8) is 0 Å². The van der Waals surface area contributed by atoms with Crippen LogP contribution in [0.2, 0.25) is 0 Å². The third kappa shape index (κ3) is 3.87. The van der Waals surface area contributed by atoms with Crippen LogP contribution in [0.5, 0.6) is 11.5 Å². The van der Waals surface area contributed by atoms with E-state index in [-0.39, 0.29) is 23.7 Å². The molecule has 0 aliphatic carbocycles. The zero-order valence-corrected chi connectivity index (χ0v) is 16.9. The van der Waals surface area contributed by atoms with Gasteiger partial charge in [-0.1, -0.05) is 18.2 Å². The smallest absolute Gasteiger partial charge is 0.340 e. The van der Waals surface area contributed by atoms with Crippen molar-refractivity contribution in [3.8, 4) is 11.5 Å². The Morgan fingerprint density at radius 1 is 1.07 bits per heavy atom. The average molecular weight is 393 g/mol. The van der Waals surface area contributed by atoms with E-state index in [1.165, 1.54) is 12.0 Å². The molecule has 29 heavy (non-hydrogen) atoms. The minimum atomic E-state index is -0.532. The minimum Gasteiger partial charge on any atom is -0.497 e. The van der Waals surface area contributed by atoms with Gasteiger partial charge in [0.05, 0.1) is 32.0 Å². The van der Waals surface area contributed by atoms with E-state index >= 15 is 0 Å². The number of carbonyl (C=O) groups is 2. The summed E-state index contributed by atoms with van der Waals surface area (Å²) in [4.78, 5) is 27.5. The SMILES string of the molecule is CCOC(=O)C1=C(C)N(c2ccccc2)C(=O)C1=Cc1ccc(OC)cc1OC. The van der Waals surface area contributed by atoms with Crippen molar-refractivity contribution in [3.05, 3.63) is 70.9 Å². The van der Waals surface area contributed by atoms with E-state index in [1.807, 2.05) is 30.3 Å². The average Bonchev–Trinajstić information content (AvgIpc) is 2.98. The van der Waals surface area contributed by atoms with Gasteiger partial charge in [0.1, 0.15) is 11.5 Å². The predicted octanol–water partition coefficient (Wildman–Crippen LogP) is 3.97. The third-order valence-electron chi connectivity index (χ3n) is 4.63. The minimum absolute atomic E-state index is 0.217. The third-order valence-corrected chi connectivity index (χ3v) is 4.63. The highest BCUT2D eigenvalue weighted by molar-refractivity contribution is 6.23. The second kappa shape index (κ2) is 8.65. The van der Waals surface area contributed by atoms with Gasteiger partial charge < -0.3 is 14.2 Å². The zero-order chi connectivity index (χ0) is 21.0. The fourth-order valence-corrected chi connectivity index (χ4v) is 3.26. The number of methoxy groups -OCH3 is 2. The molecule has 0 N–H and O–H groups in total. The molecule has 0 fully saturated rings. The van der Waals surface area contributed by atoms with Gasteiger partial charge in [-0.25, -0.2) is 4.79 Å². The van der Waals surface area contributed by atoms with Crippen LogP contribution >= 0.6 is 0 Å². The van der Waals surface area contributed by atoms with Gasteiger partial charge in [0, 0.05) is 23.0 Å². The largest absolute Gasteiger partial charge is 0.497 e. The lowest BCUT2D eigenvalue weighted by Crippen LogP contribution is -2.24. The van der Waals surface area contributed by atoms with Crippen molar-refractivity contribution in [2.45, 2.75) is 13.8 Å². The summed E-state index contributed by atoms with van der Waals surface area (Å²) in [5.74, 6) is 0.332. The first-order valence-electron chi connectivity index (χ1n) is 9.23. The molecule has 1 aliphatic heterocycles. The Hall–Kier alpha value is -3.54. The van der Waals surface area contributed by atoms with E-state index in [0.717, 1.165) is 0 Å². The van der Waals surface area contributed by atoms with Gasteiger partial charge in [0.2, 0.25) is 0 Å². The van der Waals surface area contributed by atoms with Crippen LogP contribution in [-0.2, 0) is 14.3 Å². The highest BCUT2D eigenvalue weighted by Gasteiger charge is 2.38. The summed E-state index contributed by atoms with van der Waals surface area (Å²) in [7, 11) is 3.10. The van der Waals surface area contributed by atoms with Crippen LogP contribution in [-0.4, -0.2) is 32.7 Å². The molecule has 1 aliphatic rings. The quantitative estimate of drug-likeness (QED) is 0.549. The van der Waals surface area contributed by atoms with E-state index in [4.69, 9.17) is 14.2 Å². The molecule has 0 atom stereocenters. The second-order valence-electron chi connectivity index (χ2n) is 6.32. The molecular formula is C23H23NO5. The molecule has 2 aromatic carbocycles. The maximum Gasteiger partial charge on any atom is 0.340 e. The fraction of sp³-hybridized carbons (Fsp3) is 0.217. The molecular weight excluding hydrogens is 370 g/mol. The number of rotatable bonds is 6. The monoisotopic (exact) mass is 393 g/mol. The normalized spacial score (nSPS) is 15.1. The molecule has 150 valence electrons. The van der Waals surface area contributed by atoms with Crippen molar-refractivity contribution in [1.82, 2.24) is 0 Å². The number of esters is 1. The van der Waals surface area contributed by atoms with Crippen LogP contribution < -0.4 is 14.4 Å².